The summed E-state index contributed by atoms with van der Waals surface area (Å²) in [7, 11) is 0. The average Bonchev–Trinajstić information content (AvgIpc) is 2.81. The van der Waals surface area contributed by atoms with Crippen molar-refractivity contribution < 1.29 is 13.9 Å². The minimum Gasteiger partial charge on any atom is -0.450 e. The zero-order chi connectivity index (χ0) is 22.5. The Labute approximate surface area is 185 Å². The van der Waals surface area contributed by atoms with Crippen LogP contribution in [0.3, 0.4) is 0 Å². The Morgan fingerprint density at radius 1 is 1.25 bits per heavy atom. The van der Waals surface area contributed by atoms with Crippen molar-refractivity contribution in [3.05, 3.63) is 76.1 Å². The van der Waals surface area contributed by atoms with E-state index in [1.54, 1.807) is 34.9 Å². The number of amides is 1. The van der Waals surface area contributed by atoms with Gasteiger partial charge in [-0.25, -0.2) is 9.18 Å². The summed E-state index contributed by atoms with van der Waals surface area (Å²) >= 11 is 0. The van der Waals surface area contributed by atoms with E-state index >= 15 is 0 Å². The number of carbonyl (C=O) groups is 1. The van der Waals surface area contributed by atoms with Crippen molar-refractivity contribution in [3.8, 4) is 0 Å². The van der Waals surface area contributed by atoms with E-state index in [1.165, 1.54) is 12.1 Å². The highest BCUT2D eigenvalue weighted by Gasteiger charge is 2.23. The molecule has 0 saturated carbocycles. The number of pyridine rings is 2. The van der Waals surface area contributed by atoms with Gasteiger partial charge in [-0.05, 0) is 61.0 Å². The lowest BCUT2D eigenvalue weighted by molar-refractivity contribution is 0.0950. The van der Waals surface area contributed by atoms with Gasteiger partial charge in [0.1, 0.15) is 5.82 Å². The molecule has 3 aromatic rings. The Bertz CT molecular complexity index is 1140. The van der Waals surface area contributed by atoms with E-state index in [1.807, 2.05) is 18.2 Å². The number of carbonyl (C=O) groups excluding carboxylic acids is 1. The van der Waals surface area contributed by atoms with Gasteiger partial charge in [-0.1, -0.05) is 6.07 Å². The van der Waals surface area contributed by atoms with Crippen LogP contribution in [0.1, 0.15) is 30.9 Å². The van der Waals surface area contributed by atoms with Crippen molar-refractivity contribution in [2.75, 3.05) is 19.7 Å². The molecule has 0 unspecified atom stereocenters. The molecule has 1 saturated heterocycles. The Kier molecular flexibility index (Phi) is 6.80. The molecule has 32 heavy (non-hydrogen) atoms. The Morgan fingerprint density at radius 3 is 2.78 bits per heavy atom. The topological polar surface area (TPSA) is 76.5 Å². The van der Waals surface area contributed by atoms with Gasteiger partial charge in [-0.15, -0.1) is 0 Å². The molecule has 0 spiro atoms. The fourth-order valence-electron chi connectivity index (χ4n) is 4.10. The van der Waals surface area contributed by atoms with Crippen LogP contribution in [-0.2, 0) is 17.8 Å². The number of rotatable bonds is 6. The summed E-state index contributed by atoms with van der Waals surface area (Å²) in [5.74, 6) is -0.379. The zero-order valence-corrected chi connectivity index (χ0v) is 18.1. The molecule has 0 bridgehead atoms. The molecule has 1 fully saturated rings. The standard InChI is InChI=1S/C24H27FN4O3/c1-2-32-24(31)28-10-7-21(8-11-28)27-15-19-12-18-5-6-20(25)13-22(18)29(23(19)30)16-17-4-3-9-26-14-17/h3-6,9,12-14,21,27H,2,7-8,10-11,15-16H2,1H3. The second-order valence-corrected chi connectivity index (χ2v) is 7.97. The number of likely N-dealkylation sites (tertiary alicyclic amines) is 1. The van der Waals surface area contributed by atoms with Crippen LogP contribution in [0.2, 0.25) is 0 Å². The molecule has 7 nitrogen and oxygen atoms in total. The van der Waals surface area contributed by atoms with E-state index in [2.05, 4.69) is 10.3 Å². The van der Waals surface area contributed by atoms with Crippen molar-refractivity contribution in [3.63, 3.8) is 0 Å². The van der Waals surface area contributed by atoms with Crippen LogP contribution >= 0.6 is 0 Å². The molecule has 1 aliphatic heterocycles. The maximum atomic E-state index is 13.9. The first-order valence-corrected chi connectivity index (χ1v) is 10.9. The van der Waals surface area contributed by atoms with Gasteiger partial charge < -0.3 is 19.5 Å². The summed E-state index contributed by atoms with van der Waals surface area (Å²) < 4.78 is 20.6. The van der Waals surface area contributed by atoms with E-state index in [4.69, 9.17) is 4.74 Å². The van der Waals surface area contributed by atoms with Crippen LogP contribution in [0.15, 0.2) is 53.6 Å². The van der Waals surface area contributed by atoms with Gasteiger partial charge in [0.25, 0.3) is 5.56 Å². The molecule has 1 amide bonds. The lowest BCUT2D eigenvalue weighted by Crippen LogP contribution is -2.45. The normalized spacial score (nSPS) is 14.6. The molecule has 1 aromatic carbocycles. The molecule has 4 rings (SSSR count). The lowest BCUT2D eigenvalue weighted by atomic mass is 10.0. The highest BCUT2D eigenvalue weighted by Crippen LogP contribution is 2.18. The third-order valence-electron chi connectivity index (χ3n) is 5.80. The summed E-state index contributed by atoms with van der Waals surface area (Å²) in [4.78, 5) is 31.0. The number of piperidine rings is 1. The number of hydrogen-bond acceptors (Lipinski definition) is 5. The molecule has 0 radical (unpaired) electrons. The SMILES string of the molecule is CCOC(=O)N1CCC(NCc2cc3ccc(F)cc3n(Cc3cccnc3)c2=O)CC1. The third kappa shape index (κ3) is 4.96. The molecular formula is C24H27FN4O3. The summed E-state index contributed by atoms with van der Waals surface area (Å²) in [6, 6.07) is 10.3. The zero-order valence-electron chi connectivity index (χ0n) is 18.1. The highest BCUT2D eigenvalue weighted by atomic mass is 19.1. The lowest BCUT2D eigenvalue weighted by Gasteiger charge is -2.31. The Balaban J connectivity index is 1.52. The minimum atomic E-state index is -0.379. The van der Waals surface area contributed by atoms with Crippen molar-refractivity contribution in [2.45, 2.75) is 38.9 Å². The molecule has 3 heterocycles. The molecule has 2 aromatic heterocycles. The number of halogens is 1. The van der Waals surface area contributed by atoms with Gasteiger partial charge >= 0.3 is 6.09 Å². The number of benzene rings is 1. The van der Waals surface area contributed by atoms with Crippen LogP contribution in [0.4, 0.5) is 9.18 Å². The molecule has 0 aliphatic carbocycles. The Hall–Kier alpha value is -3.26. The molecule has 168 valence electrons. The smallest absolute Gasteiger partial charge is 0.409 e. The second kappa shape index (κ2) is 9.91. The number of nitrogens with zero attached hydrogens (tertiary/aromatic N) is 3. The van der Waals surface area contributed by atoms with Gasteiger partial charge in [0, 0.05) is 43.6 Å². The fourth-order valence-corrected chi connectivity index (χ4v) is 4.10. The van der Waals surface area contributed by atoms with Crippen LogP contribution in [0.25, 0.3) is 10.9 Å². The van der Waals surface area contributed by atoms with Crippen molar-refractivity contribution >= 4 is 17.0 Å². The summed E-state index contributed by atoms with van der Waals surface area (Å²) in [6.07, 6.45) is 4.70. The largest absolute Gasteiger partial charge is 0.450 e. The van der Waals surface area contributed by atoms with Gasteiger partial charge in [-0.3, -0.25) is 9.78 Å². The maximum Gasteiger partial charge on any atom is 0.409 e. The predicted octanol–water partition coefficient (Wildman–Crippen LogP) is 3.29. The van der Waals surface area contributed by atoms with Crippen LogP contribution in [-0.4, -0.2) is 46.3 Å². The van der Waals surface area contributed by atoms with E-state index in [-0.39, 0.29) is 23.5 Å². The molecule has 8 heteroatoms. The van der Waals surface area contributed by atoms with E-state index in [0.717, 1.165) is 23.8 Å². The number of fused-ring (bicyclic) bond motifs is 1. The van der Waals surface area contributed by atoms with Gasteiger partial charge in [0.15, 0.2) is 0 Å². The van der Waals surface area contributed by atoms with Crippen molar-refractivity contribution in [1.29, 1.82) is 0 Å². The fraction of sp³-hybridized carbons (Fsp3) is 0.375. The predicted molar refractivity (Wildman–Crippen MR) is 120 cm³/mol. The van der Waals surface area contributed by atoms with Crippen LogP contribution < -0.4 is 10.9 Å². The average molecular weight is 439 g/mol. The van der Waals surface area contributed by atoms with E-state index in [9.17, 15) is 14.0 Å². The number of nitrogens with one attached hydrogen (secondary N) is 1. The summed E-state index contributed by atoms with van der Waals surface area (Å²) in [5.41, 5.74) is 1.91. The van der Waals surface area contributed by atoms with Crippen molar-refractivity contribution in [1.82, 2.24) is 19.8 Å². The monoisotopic (exact) mass is 438 g/mol. The van der Waals surface area contributed by atoms with Gasteiger partial charge in [-0.2, -0.15) is 0 Å². The third-order valence-corrected chi connectivity index (χ3v) is 5.80. The quantitative estimate of drug-likeness (QED) is 0.639. The minimum absolute atomic E-state index is 0.150. The molecule has 1 aliphatic rings. The maximum absolute atomic E-state index is 13.9. The number of aromatic nitrogens is 2. The Morgan fingerprint density at radius 2 is 2.06 bits per heavy atom. The van der Waals surface area contributed by atoms with Crippen LogP contribution in [0, 0.1) is 5.82 Å². The molecule has 0 atom stereocenters. The van der Waals surface area contributed by atoms with Crippen LogP contribution in [0.5, 0.6) is 0 Å². The summed E-state index contributed by atoms with van der Waals surface area (Å²) in [5, 5.41) is 4.27. The second-order valence-electron chi connectivity index (χ2n) is 7.97. The first-order valence-electron chi connectivity index (χ1n) is 10.9. The molecular weight excluding hydrogens is 411 g/mol. The summed E-state index contributed by atoms with van der Waals surface area (Å²) in [6.45, 7) is 4.14. The highest BCUT2D eigenvalue weighted by molar-refractivity contribution is 5.79. The molecule has 1 N–H and O–H groups in total. The van der Waals surface area contributed by atoms with E-state index in [0.29, 0.717) is 43.9 Å². The van der Waals surface area contributed by atoms with Gasteiger partial charge in [0.05, 0.1) is 18.7 Å². The van der Waals surface area contributed by atoms with Gasteiger partial charge in [0.2, 0.25) is 0 Å². The first kappa shape index (κ1) is 22.0. The number of ether oxygens (including phenoxy) is 1. The first-order chi connectivity index (χ1) is 15.5. The number of hydrogen-bond donors (Lipinski definition) is 1. The van der Waals surface area contributed by atoms with E-state index < -0.39 is 0 Å². The van der Waals surface area contributed by atoms with Crippen molar-refractivity contribution in [2.24, 2.45) is 0 Å².